The van der Waals surface area contributed by atoms with Crippen LogP contribution in [0.5, 0.6) is 0 Å². The summed E-state index contributed by atoms with van der Waals surface area (Å²) in [5.41, 5.74) is -0.671. The highest BCUT2D eigenvalue weighted by molar-refractivity contribution is 7.54. The van der Waals surface area contributed by atoms with E-state index in [4.69, 9.17) is 18.7 Å². The molecule has 1 aromatic heterocycles. The smallest absolute Gasteiger partial charge is 0.348 e. The minimum absolute atomic E-state index is 0.0502. The van der Waals surface area contributed by atoms with Crippen LogP contribution in [0.25, 0.3) is 0 Å². The third kappa shape index (κ3) is 11.4. The molecule has 0 aliphatic heterocycles. The Morgan fingerprint density at radius 2 is 1.40 bits per heavy atom. The van der Waals surface area contributed by atoms with Crippen molar-refractivity contribution < 1.29 is 43.1 Å². The van der Waals surface area contributed by atoms with E-state index in [9.17, 15) is 29.2 Å². The third-order valence-electron chi connectivity index (χ3n) is 8.27. The van der Waals surface area contributed by atoms with Crippen LogP contribution in [0, 0.1) is 6.92 Å². The molecule has 0 saturated carbocycles. The van der Waals surface area contributed by atoms with Crippen molar-refractivity contribution in [3.05, 3.63) is 100 Å². The van der Waals surface area contributed by atoms with Crippen LogP contribution in [-0.4, -0.2) is 88.5 Å². The van der Waals surface area contributed by atoms with Gasteiger partial charge in [-0.2, -0.15) is 4.98 Å². The van der Waals surface area contributed by atoms with E-state index in [0.29, 0.717) is 5.69 Å². The average Bonchev–Trinajstić information content (AvgIpc) is 3.08. The fraction of sp³-hybridized carbons (Fsp3) is 0.486. The molecule has 0 aliphatic carbocycles. The Morgan fingerprint density at radius 1 is 0.920 bits per heavy atom. The van der Waals surface area contributed by atoms with Gasteiger partial charge in [0.25, 0.3) is 0 Å². The van der Waals surface area contributed by atoms with Crippen molar-refractivity contribution in [3.63, 3.8) is 0 Å². The third-order valence-corrected chi connectivity index (χ3v) is 10.1. The fourth-order valence-electron chi connectivity index (χ4n) is 5.23. The van der Waals surface area contributed by atoms with E-state index < -0.39 is 67.8 Å². The van der Waals surface area contributed by atoms with Crippen LogP contribution in [0.3, 0.4) is 0 Å². The van der Waals surface area contributed by atoms with Crippen molar-refractivity contribution in [2.24, 2.45) is 0 Å². The van der Waals surface area contributed by atoms with Gasteiger partial charge in [-0.25, -0.2) is 15.0 Å². The maximum Gasteiger partial charge on any atom is 0.348 e. The highest BCUT2D eigenvalue weighted by Crippen LogP contribution is 2.41. The van der Waals surface area contributed by atoms with Gasteiger partial charge in [-0.3, -0.25) is 18.7 Å². The number of hydrogen-bond donors (Lipinski definition) is 4. The van der Waals surface area contributed by atoms with E-state index in [-0.39, 0.29) is 26.1 Å². The lowest BCUT2D eigenvalue weighted by atomic mass is 9.88. The number of rotatable bonds is 20. The number of aliphatic hydroxyl groups excluding tert-OH is 1. The van der Waals surface area contributed by atoms with Gasteiger partial charge in [-0.15, -0.1) is 0 Å². The van der Waals surface area contributed by atoms with Gasteiger partial charge in [0.15, 0.2) is 0 Å². The minimum Gasteiger partial charge on any atom is -0.465 e. The van der Waals surface area contributed by atoms with E-state index in [1.54, 1.807) is 75.4 Å². The molecule has 274 valence electrons. The first-order valence-electron chi connectivity index (χ1n) is 16.4. The average molecular weight is 717 g/mol. The molecule has 15 heteroatoms. The molecule has 14 nitrogen and oxygen atoms in total. The van der Waals surface area contributed by atoms with Crippen LogP contribution >= 0.6 is 7.67 Å². The van der Waals surface area contributed by atoms with Crippen LogP contribution in [0.2, 0.25) is 0 Å². The number of nitrogens with one attached hydrogen (secondary N) is 2. The number of methoxy groups -OCH3 is 1. The molecule has 0 bridgehead atoms. The number of aliphatic hydroxyl groups is 2. The molecule has 0 fully saturated rings. The summed E-state index contributed by atoms with van der Waals surface area (Å²) in [6.07, 6.45) is -1.44. The number of carbonyl (C=O) groups is 2. The van der Waals surface area contributed by atoms with Gasteiger partial charge in [0.1, 0.15) is 29.9 Å². The zero-order valence-corrected chi connectivity index (χ0v) is 30.2. The second-order valence-corrected chi connectivity index (χ2v) is 13.9. The summed E-state index contributed by atoms with van der Waals surface area (Å²) in [7, 11) is -3.19. The Morgan fingerprint density at radius 3 is 1.82 bits per heavy atom. The number of esters is 2. The lowest BCUT2D eigenvalue weighted by molar-refractivity contribution is -0.152. The molecule has 1 heterocycles. The molecule has 0 saturated heterocycles. The Hall–Kier alpha value is -3.75. The Labute approximate surface area is 292 Å². The van der Waals surface area contributed by atoms with Crippen molar-refractivity contribution in [2.45, 2.75) is 83.4 Å². The van der Waals surface area contributed by atoms with Gasteiger partial charge in [0, 0.05) is 19.0 Å². The zero-order valence-electron chi connectivity index (χ0n) is 29.4. The van der Waals surface area contributed by atoms with Crippen LogP contribution in [0.4, 0.5) is 0 Å². The Bertz CT molecular complexity index is 1550. The van der Waals surface area contributed by atoms with Crippen molar-refractivity contribution in [2.75, 3.05) is 26.9 Å². The monoisotopic (exact) mass is 716 g/mol. The molecule has 3 aromatic rings. The molecule has 0 radical (unpaired) electrons. The Kier molecular flexibility index (Phi) is 15.5. The van der Waals surface area contributed by atoms with Gasteiger partial charge in [-0.1, -0.05) is 60.7 Å². The van der Waals surface area contributed by atoms with Crippen molar-refractivity contribution in [1.82, 2.24) is 19.7 Å². The summed E-state index contributed by atoms with van der Waals surface area (Å²) in [6.45, 7) is 7.29. The van der Waals surface area contributed by atoms with Gasteiger partial charge in [0.05, 0.1) is 25.9 Å². The number of aromatic nitrogens is 2. The summed E-state index contributed by atoms with van der Waals surface area (Å²) in [6, 6.07) is 16.2. The molecule has 50 heavy (non-hydrogen) atoms. The van der Waals surface area contributed by atoms with Crippen molar-refractivity contribution in [3.8, 4) is 0 Å². The summed E-state index contributed by atoms with van der Waals surface area (Å²) in [5.74, 6) is -1.43. The van der Waals surface area contributed by atoms with Gasteiger partial charge in [0.2, 0.25) is 0 Å². The first-order valence-corrected chi connectivity index (χ1v) is 18.1. The lowest BCUT2D eigenvalue weighted by Gasteiger charge is -2.39. The van der Waals surface area contributed by atoms with Gasteiger partial charge in [-0.05, 0) is 64.7 Å². The molecule has 0 amide bonds. The zero-order chi connectivity index (χ0) is 36.9. The number of nitrogens with zero attached hydrogens (tertiary/aromatic N) is 2. The summed E-state index contributed by atoms with van der Waals surface area (Å²) >= 11 is 0. The van der Waals surface area contributed by atoms with E-state index >= 15 is 0 Å². The van der Waals surface area contributed by atoms with Gasteiger partial charge >= 0.3 is 25.3 Å². The number of ether oxygens (including phenoxy) is 3. The van der Waals surface area contributed by atoms with Gasteiger partial charge < -0.3 is 28.9 Å². The number of aryl methyl sites for hydroxylation is 1. The predicted molar refractivity (Wildman–Crippen MR) is 186 cm³/mol. The molecule has 0 spiro atoms. The molecule has 2 aromatic carbocycles. The topological polar surface area (TPSA) is 188 Å². The van der Waals surface area contributed by atoms with E-state index in [1.807, 2.05) is 12.1 Å². The second kappa shape index (κ2) is 19.0. The van der Waals surface area contributed by atoms with Crippen molar-refractivity contribution >= 4 is 19.6 Å². The standard InChI is InChI=1S/C35H49N4O10P/c1-7-47-32(41)28(21-26-15-11-9-12-16-26)37-50(45,38-29(33(42)48-8-2)22-27-17-13-10-14-18-27)49-23-30(46-6)31(40)35(5,44)25(4)39-20-19-24(3)36-34(39)43/h9-20,25,28-31,40,44H,7-8,21-23H2,1-6H3,(H2,37,38,45)/t25?,28-,29-,30?,31?,35+/m0/s1. The summed E-state index contributed by atoms with van der Waals surface area (Å²) in [4.78, 5) is 42.9. The Balaban J connectivity index is 1.98. The molecule has 4 N–H and O–H groups in total. The number of carbonyl (C=O) groups excluding carboxylic acids is 2. The van der Waals surface area contributed by atoms with Crippen LogP contribution in [0.1, 0.15) is 50.6 Å². The van der Waals surface area contributed by atoms with E-state index in [1.165, 1.54) is 31.7 Å². The van der Waals surface area contributed by atoms with Crippen LogP contribution in [-0.2, 0) is 45.7 Å². The number of benzene rings is 2. The maximum absolute atomic E-state index is 14.8. The molecule has 0 aliphatic rings. The fourth-order valence-corrected chi connectivity index (χ4v) is 7.03. The highest BCUT2D eigenvalue weighted by Gasteiger charge is 2.44. The molecular formula is C35H49N4O10P. The second-order valence-electron chi connectivity index (χ2n) is 12.0. The molecular weight excluding hydrogens is 667 g/mol. The highest BCUT2D eigenvalue weighted by atomic mass is 31.2. The maximum atomic E-state index is 14.8. The lowest BCUT2D eigenvalue weighted by Crippen LogP contribution is -2.55. The normalized spacial score (nSPS) is 16.0. The molecule has 3 unspecified atom stereocenters. The summed E-state index contributed by atoms with van der Waals surface area (Å²) < 4.78 is 38.1. The number of hydrogen-bond acceptors (Lipinski definition) is 11. The first kappa shape index (κ1) is 40.7. The molecule has 3 rings (SSSR count). The SMILES string of the molecule is CCOC(=O)[C@H](Cc1ccccc1)NP(=O)(N[C@@H](Cc1ccccc1)C(=O)OCC)OCC(OC)C(O)[C@](C)(O)C(C)n1ccc(C)nc1=O. The van der Waals surface area contributed by atoms with Crippen molar-refractivity contribution in [1.29, 1.82) is 0 Å². The predicted octanol–water partition coefficient (Wildman–Crippen LogP) is 2.89. The van der Waals surface area contributed by atoms with E-state index in [0.717, 1.165) is 11.1 Å². The van der Waals surface area contributed by atoms with E-state index in [2.05, 4.69) is 15.2 Å². The quantitative estimate of drug-likeness (QED) is 0.0989. The first-order chi connectivity index (χ1) is 23.7. The van der Waals surface area contributed by atoms with Crippen LogP contribution < -0.4 is 15.9 Å². The van der Waals surface area contributed by atoms with Crippen LogP contribution in [0.15, 0.2) is 77.7 Å². The largest absolute Gasteiger partial charge is 0.465 e. The minimum atomic E-state index is -4.45. The summed E-state index contributed by atoms with van der Waals surface area (Å²) in [5, 5.41) is 28.5. The molecule has 6 atom stereocenters.